The van der Waals surface area contributed by atoms with Crippen LogP contribution in [0.25, 0.3) is 22.6 Å². The molecule has 1 aromatic carbocycles. The van der Waals surface area contributed by atoms with Crippen LogP contribution in [0, 0.1) is 0 Å². The Morgan fingerprint density at radius 1 is 1.08 bits per heavy atom. The van der Waals surface area contributed by atoms with Crippen molar-refractivity contribution in [3.63, 3.8) is 0 Å². The Hall–Kier alpha value is -3.53. The maximum absolute atomic E-state index is 12.5. The molecule has 2 amide bonds. The Morgan fingerprint density at radius 2 is 1.82 bits per heavy atom. The Morgan fingerprint density at radius 3 is 2.46 bits per heavy atom. The van der Waals surface area contributed by atoms with Crippen LogP contribution < -0.4 is 10.6 Å². The van der Waals surface area contributed by atoms with E-state index in [9.17, 15) is 9.59 Å². The lowest BCUT2D eigenvalue weighted by molar-refractivity contribution is -0.127. The monoisotopic (exact) mass is 532 g/mol. The zero-order chi connectivity index (χ0) is 27.5. The molecule has 3 aromatic rings. The summed E-state index contributed by atoms with van der Waals surface area (Å²) in [6.45, 7) is 12.5. The lowest BCUT2D eigenvalue weighted by atomic mass is 10.1. The summed E-state index contributed by atoms with van der Waals surface area (Å²) in [4.78, 5) is 43.4. The van der Waals surface area contributed by atoms with Gasteiger partial charge in [-0.15, -0.1) is 0 Å². The van der Waals surface area contributed by atoms with Gasteiger partial charge < -0.3 is 20.1 Å². The van der Waals surface area contributed by atoms with Crippen LogP contribution in [0.1, 0.15) is 63.7 Å². The van der Waals surface area contributed by atoms with Gasteiger partial charge in [-0.2, -0.15) is 0 Å². The van der Waals surface area contributed by atoms with Gasteiger partial charge in [0, 0.05) is 68.4 Å². The Balaban J connectivity index is 1.41. The maximum atomic E-state index is 12.5. The minimum absolute atomic E-state index is 0.0443. The van der Waals surface area contributed by atoms with Crippen LogP contribution in [0.4, 0.5) is 5.82 Å². The molecule has 3 heterocycles. The minimum atomic E-state index is -0.0443. The first-order valence-corrected chi connectivity index (χ1v) is 14.2. The lowest BCUT2D eigenvalue weighted by Gasteiger charge is -2.30. The molecule has 208 valence electrons. The average Bonchev–Trinajstić information content (AvgIpc) is 3.48. The van der Waals surface area contributed by atoms with Gasteiger partial charge in [0.25, 0.3) is 5.91 Å². The molecule has 5 rings (SSSR count). The zero-order valence-corrected chi connectivity index (χ0v) is 23.5. The summed E-state index contributed by atoms with van der Waals surface area (Å²) in [5.41, 5.74) is 2.91. The van der Waals surface area contributed by atoms with Gasteiger partial charge in [-0.3, -0.25) is 14.5 Å². The topological polar surface area (TPSA) is 108 Å². The van der Waals surface area contributed by atoms with Crippen molar-refractivity contribution in [1.29, 1.82) is 0 Å². The standard InChI is InChI=1S/C29H40N8O2/c1-19(2)37(20(3)4)15-13-30-27-25-28(36(18-31-25)17-16-35-14-5-6-24(35)38)34-26(33-27)21-7-9-22(10-8-21)29(39)32-23-11-12-23/h7-10,18-20,23H,5-6,11-17H2,1-4H3,(H,32,39)(H,30,33,34). The highest BCUT2D eigenvalue weighted by molar-refractivity contribution is 5.95. The molecule has 2 N–H and O–H groups in total. The van der Waals surface area contributed by atoms with Crippen LogP contribution in [0.15, 0.2) is 30.6 Å². The number of anilines is 1. The molecule has 1 aliphatic heterocycles. The number of nitrogens with zero attached hydrogens (tertiary/aromatic N) is 6. The molecule has 0 radical (unpaired) electrons. The SMILES string of the molecule is CC(C)N(CCNc1nc(-c2ccc(C(=O)NC3CC3)cc2)nc2c1ncn2CCN1CCCC1=O)C(C)C. The third kappa shape index (κ3) is 6.38. The lowest BCUT2D eigenvalue weighted by Crippen LogP contribution is -2.40. The number of hydrogen-bond donors (Lipinski definition) is 2. The van der Waals surface area contributed by atoms with Gasteiger partial charge in [-0.05, 0) is 59.1 Å². The molecular weight excluding hydrogens is 492 g/mol. The van der Waals surface area contributed by atoms with Crippen molar-refractivity contribution in [1.82, 2.24) is 34.6 Å². The molecule has 10 heteroatoms. The molecule has 2 aromatic heterocycles. The van der Waals surface area contributed by atoms with E-state index in [0.717, 1.165) is 50.1 Å². The van der Waals surface area contributed by atoms with E-state index in [4.69, 9.17) is 9.97 Å². The quantitative estimate of drug-likeness (QED) is 0.367. The maximum Gasteiger partial charge on any atom is 0.251 e. The van der Waals surface area contributed by atoms with Crippen LogP contribution in [-0.2, 0) is 11.3 Å². The second kappa shape index (κ2) is 11.7. The minimum Gasteiger partial charge on any atom is -0.367 e. The second-order valence-electron chi connectivity index (χ2n) is 11.2. The van der Waals surface area contributed by atoms with E-state index < -0.39 is 0 Å². The van der Waals surface area contributed by atoms with Crippen LogP contribution in [0.5, 0.6) is 0 Å². The van der Waals surface area contributed by atoms with Crippen molar-refractivity contribution in [3.8, 4) is 11.4 Å². The molecule has 0 spiro atoms. The van der Waals surface area contributed by atoms with Crippen molar-refractivity contribution in [2.45, 2.75) is 78.0 Å². The van der Waals surface area contributed by atoms with Gasteiger partial charge in [0.1, 0.15) is 5.52 Å². The molecule has 1 saturated carbocycles. The number of rotatable bonds is 12. The van der Waals surface area contributed by atoms with E-state index in [-0.39, 0.29) is 11.8 Å². The predicted octanol–water partition coefficient (Wildman–Crippen LogP) is 3.54. The van der Waals surface area contributed by atoms with E-state index in [1.54, 1.807) is 6.33 Å². The number of imidazole rings is 1. The average molecular weight is 533 g/mol. The second-order valence-corrected chi connectivity index (χ2v) is 11.2. The number of hydrogen-bond acceptors (Lipinski definition) is 7. The van der Waals surface area contributed by atoms with Gasteiger partial charge >= 0.3 is 0 Å². The smallest absolute Gasteiger partial charge is 0.251 e. The summed E-state index contributed by atoms with van der Waals surface area (Å²) in [5, 5.41) is 6.55. The van der Waals surface area contributed by atoms with E-state index >= 15 is 0 Å². The number of carbonyl (C=O) groups is 2. The first-order valence-electron chi connectivity index (χ1n) is 14.2. The van der Waals surface area contributed by atoms with Crippen molar-refractivity contribution in [2.75, 3.05) is 31.5 Å². The van der Waals surface area contributed by atoms with Crippen LogP contribution in [0.2, 0.25) is 0 Å². The molecular formula is C29H40N8O2. The van der Waals surface area contributed by atoms with E-state index in [1.807, 2.05) is 33.7 Å². The van der Waals surface area contributed by atoms with Crippen LogP contribution in [-0.4, -0.2) is 85.4 Å². The normalized spacial score (nSPS) is 15.8. The molecule has 0 unspecified atom stereocenters. The Bertz CT molecular complexity index is 1300. The van der Waals surface area contributed by atoms with Gasteiger partial charge in [-0.25, -0.2) is 15.0 Å². The van der Waals surface area contributed by atoms with E-state index in [0.29, 0.717) is 60.4 Å². The largest absolute Gasteiger partial charge is 0.367 e. The highest BCUT2D eigenvalue weighted by atomic mass is 16.2. The zero-order valence-electron chi connectivity index (χ0n) is 23.5. The number of carbonyl (C=O) groups excluding carboxylic acids is 2. The molecule has 0 bridgehead atoms. The Labute approximate surface area is 230 Å². The summed E-state index contributed by atoms with van der Waals surface area (Å²) < 4.78 is 2.00. The summed E-state index contributed by atoms with van der Waals surface area (Å²) in [7, 11) is 0. The molecule has 39 heavy (non-hydrogen) atoms. The van der Waals surface area contributed by atoms with Crippen molar-refractivity contribution in [2.24, 2.45) is 0 Å². The summed E-state index contributed by atoms with van der Waals surface area (Å²) in [5.74, 6) is 1.43. The first kappa shape index (κ1) is 27.1. The van der Waals surface area contributed by atoms with Crippen molar-refractivity contribution >= 4 is 28.8 Å². The van der Waals surface area contributed by atoms with Gasteiger partial charge in [0.15, 0.2) is 17.3 Å². The third-order valence-electron chi connectivity index (χ3n) is 7.55. The van der Waals surface area contributed by atoms with Gasteiger partial charge in [0.05, 0.1) is 6.33 Å². The number of fused-ring (bicyclic) bond motifs is 1. The fourth-order valence-corrected chi connectivity index (χ4v) is 5.21. The first-order chi connectivity index (χ1) is 18.8. The number of nitrogens with one attached hydrogen (secondary N) is 2. The molecule has 1 aliphatic carbocycles. The van der Waals surface area contributed by atoms with Crippen LogP contribution >= 0.6 is 0 Å². The Kier molecular flexibility index (Phi) is 8.11. The summed E-state index contributed by atoms with van der Waals surface area (Å²) in [6.07, 6.45) is 5.44. The number of amides is 2. The summed E-state index contributed by atoms with van der Waals surface area (Å²) >= 11 is 0. The van der Waals surface area contributed by atoms with Crippen LogP contribution in [0.3, 0.4) is 0 Å². The molecule has 2 aliphatic rings. The molecule has 0 atom stereocenters. The van der Waals surface area contributed by atoms with Crippen molar-refractivity contribution in [3.05, 3.63) is 36.2 Å². The van der Waals surface area contributed by atoms with E-state index in [1.165, 1.54) is 0 Å². The van der Waals surface area contributed by atoms with Crippen molar-refractivity contribution < 1.29 is 9.59 Å². The van der Waals surface area contributed by atoms with Gasteiger partial charge in [-0.1, -0.05) is 12.1 Å². The molecule has 1 saturated heterocycles. The molecule has 10 nitrogen and oxygen atoms in total. The fraction of sp³-hybridized carbons (Fsp3) is 0.552. The number of likely N-dealkylation sites (tertiary alicyclic amines) is 1. The number of benzene rings is 1. The van der Waals surface area contributed by atoms with Gasteiger partial charge in [0.2, 0.25) is 5.91 Å². The summed E-state index contributed by atoms with van der Waals surface area (Å²) in [6, 6.07) is 8.65. The highest BCUT2D eigenvalue weighted by Gasteiger charge is 2.24. The molecule has 2 fully saturated rings. The third-order valence-corrected chi connectivity index (χ3v) is 7.55. The predicted molar refractivity (Wildman–Crippen MR) is 153 cm³/mol. The number of aromatic nitrogens is 4. The highest BCUT2D eigenvalue weighted by Crippen LogP contribution is 2.25. The van der Waals surface area contributed by atoms with E-state index in [2.05, 4.69) is 48.2 Å². The fourth-order valence-electron chi connectivity index (χ4n) is 5.21.